The Morgan fingerprint density at radius 2 is 2.08 bits per heavy atom. The smallest absolute Gasteiger partial charge is 0.0978 e. The van der Waals surface area contributed by atoms with Crippen molar-refractivity contribution >= 4 is 22.9 Å². The molecule has 1 nitrogen and oxygen atoms in total. The number of nitrogens with two attached hydrogens (primary N) is 1. The van der Waals surface area contributed by atoms with Crippen LogP contribution in [0.3, 0.4) is 0 Å². The first kappa shape index (κ1) is 10.0. The Bertz CT molecular complexity index is 278. The van der Waals surface area contributed by atoms with Gasteiger partial charge in [0.2, 0.25) is 0 Å². The molecular weight excluding hydrogens is 190 g/mol. The molecule has 0 aliphatic heterocycles. The van der Waals surface area contributed by atoms with Crippen LogP contribution in [0.1, 0.15) is 35.8 Å². The second-order valence-electron chi connectivity index (χ2n) is 3.18. The molecule has 1 rings (SSSR count). The molecule has 0 radical (unpaired) electrons. The van der Waals surface area contributed by atoms with E-state index in [-0.39, 0.29) is 0 Å². The van der Waals surface area contributed by atoms with Crippen LogP contribution >= 0.6 is 22.9 Å². The minimum Gasteiger partial charge on any atom is -0.326 e. The molecule has 0 aromatic carbocycles. The van der Waals surface area contributed by atoms with Crippen molar-refractivity contribution in [3.05, 3.63) is 20.3 Å². The number of hydrogen-bond donors (Lipinski definition) is 1. The van der Waals surface area contributed by atoms with Gasteiger partial charge in [-0.1, -0.05) is 25.4 Å². The number of rotatable bonds is 2. The van der Waals surface area contributed by atoms with Crippen molar-refractivity contribution in [3.8, 4) is 0 Å². The van der Waals surface area contributed by atoms with Crippen molar-refractivity contribution in [1.29, 1.82) is 0 Å². The monoisotopic (exact) mass is 203 g/mol. The van der Waals surface area contributed by atoms with Gasteiger partial charge in [-0.25, -0.2) is 0 Å². The van der Waals surface area contributed by atoms with E-state index in [0.717, 1.165) is 9.90 Å². The molecule has 68 valence electrons. The number of thiophene rings is 1. The van der Waals surface area contributed by atoms with Crippen LogP contribution in [0.5, 0.6) is 0 Å². The van der Waals surface area contributed by atoms with Gasteiger partial charge in [0.25, 0.3) is 0 Å². The fraction of sp³-hybridized carbons (Fsp3) is 0.556. The van der Waals surface area contributed by atoms with Gasteiger partial charge >= 0.3 is 0 Å². The minimum atomic E-state index is 0.521. The van der Waals surface area contributed by atoms with Gasteiger partial charge in [-0.05, 0) is 24.0 Å². The molecule has 0 saturated carbocycles. The van der Waals surface area contributed by atoms with E-state index in [4.69, 9.17) is 17.3 Å². The SMILES string of the molecule is Cc1sc(Cl)c(CN)c1C(C)C. The summed E-state index contributed by atoms with van der Waals surface area (Å²) < 4.78 is 0.860. The van der Waals surface area contributed by atoms with E-state index < -0.39 is 0 Å². The van der Waals surface area contributed by atoms with Gasteiger partial charge in [0.1, 0.15) is 0 Å². The zero-order valence-electron chi connectivity index (χ0n) is 7.65. The van der Waals surface area contributed by atoms with E-state index in [1.165, 1.54) is 10.4 Å². The van der Waals surface area contributed by atoms with E-state index in [2.05, 4.69) is 20.8 Å². The zero-order valence-corrected chi connectivity index (χ0v) is 9.22. The fourth-order valence-corrected chi connectivity index (χ4v) is 3.09. The Hall–Kier alpha value is -0.0500. The van der Waals surface area contributed by atoms with Crippen molar-refractivity contribution in [1.82, 2.24) is 0 Å². The molecular formula is C9H14ClNS. The number of aryl methyl sites for hydroxylation is 1. The quantitative estimate of drug-likeness (QED) is 0.785. The first-order valence-electron chi connectivity index (χ1n) is 4.05. The molecule has 0 bridgehead atoms. The molecule has 12 heavy (non-hydrogen) atoms. The largest absolute Gasteiger partial charge is 0.326 e. The Morgan fingerprint density at radius 3 is 2.42 bits per heavy atom. The average molecular weight is 204 g/mol. The van der Waals surface area contributed by atoms with E-state index in [9.17, 15) is 0 Å². The van der Waals surface area contributed by atoms with Crippen LogP contribution < -0.4 is 5.73 Å². The molecule has 1 aromatic rings. The summed E-state index contributed by atoms with van der Waals surface area (Å²) >= 11 is 7.67. The van der Waals surface area contributed by atoms with E-state index in [1.807, 2.05) is 0 Å². The first-order valence-corrected chi connectivity index (χ1v) is 5.25. The maximum atomic E-state index is 6.03. The van der Waals surface area contributed by atoms with Gasteiger partial charge in [0, 0.05) is 11.4 Å². The summed E-state index contributed by atoms with van der Waals surface area (Å²) in [5.74, 6) is 0.521. The molecule has 0 atom stereocenters. The van der Waals surface area contributed by atoms with Crippen molar-refractivity contribution in [2.75, 3.05) is 0 Å². The number of hydrogen-bond acceptors (Lipinski definition) is 2. The summed E-state index contributed by atoms with van der Waals surface area (Å²) in [6.07, 6.45) is 0. The topological polar surface area (TPSA) is 26.0 Å². The normalized spacial score (nSPS) is 11.2. The lowest BCUT2D eigenvalue weighted by Crippen LogP contribution is -2.01. The maximum Gasteiger partial charge on any atom is 0.0978 e. The molecule has 1 heterocycles. The van der Waals surface area contributed by atoms with Crippen LogP contribution in [0.4, 0.5) is 0 Å². The third-order valence-electron chi connectivity index (χ3n) is 1.97. The van der Waals surface area contributed by atoms with Crippen molar-refractivity contribution < 1.29 is 0 Å². The van der Waals surface area contributed by atoms with Crippen LogP contribution in [0.15, 0.2) is 0 Å². The van der Waals surface area contributed by atoms with Crippen LogP contribution in [0.25, 0.3) is 0 Å². The molecule has 0 saturated heterocycles. The van der Waals surface area contributed by atoms with Gasteiger partial charge < -0.3 is 5.73 Å². The third-order valence-corrected chi connectivity index (χ3v) is 3.38. The van der Waals surface area contributed by atoms with Crippen molar-refractivity contribution in [2.45, 2.75) is 33.2 Å². The number of halogens is 1. The van der Waals surface area contributed by atoms with Crippen LogP contribution in [-0.2, 0) is 6.54 Å². The fourth-order valence-electron chi connectivity index (χ4n) is 1.51. The summed E-state index contributed by atoms with van der Waals surface area (Å²) in [6, 6.07) is 0. The standard InChI is InChI=1S/C9H14ClNS/c1-5(2)8-6(3)12-9(10)7(8)4-11/h5H,4,11H2,1-3H3. The first-order chi connectivity index (χ1) is 5.57. The molecule has 0 fully saturated rings. The van der Waals surface area contributed by atoms with Gasteiger partial charge in [-0.2, -0.15) is 0 Å². The second-order valence-corrected chi connectivity index (χ2v) is 5.01. The maximum absolute atomic E-state index is 6.03. The molecule has 0 unspecified atom stereocenters. The highest BCUT2D eigenvalue weighted by Crippen LogP contribution is 2.36. The van der Waals surface area contributed by atoms with Crippen LogP contribution in [-0.4, -0.2) is 0 Å². The highest BCUT2D eigenvalue weighted by molar-refractivity contribution is 7.16. The average Bonchev–Trinajstić information content (AvgIpc) is 2.24. The Balaban J connectivity index is 3.23. The van der Waals surface area contributed by atoms with Gasteiger partial charge in [-0.15, -0.1) is 11.3 Å². The summed E-state index contributed by atoms with van der Waals surface area (Å²) in [4.78, 5) is 1.30. The highest BCUT2D eigenvalue weighted by atomic mass is 35.5. The van der Waals surface area contributed by atoms with Crippen molar-refractivity contribution in [3.63, 3.8) is 0 Å². The van der Waals surface area contributed by atoms with E-state index >= 15 is 0 Å². The summed E-state index contributed by atoms with van der Waals surface area (Å²) in [5.41, 5.74) is 8.10. The van der Waals surface area contributed by atoms with Crippen molar-refractivity contribution in [2.24, 2.45) is 5.73 Å². The van der Waals surface area contributed by atoms with Gasteiger partial charge in [0.05, 0.1) is 4.34 Å². The van der Waals surface area contributed by atoms with Gasteiger partial charge in [-0.3, -0.25) is 0 Å². The van der Waals surface area contributed by atoms with Gasteiger partial charge in [0.15, 0.2) is 0 Å². The Morgan fingerprint density at radius 1 is 1.50 bits per heavy atom. The molecule has 0 spiro atoms. The van der Waals surface area contributed by atoms with Crippen LogP contribution in [0, 0.1) is 6.92 Å². The zero-order chi connectivity index (χ0) is 9.30. The Labute approximate surface area is 82.5 Å². The summed E-state index contributed by atoms with van der Waals surface area (Å²) in [7, 11) is 0. The Kier molecular flexibility index (Phi) is 3.16. The molecule has 0 aliphatic rings. The predicted molar refractivity (Wildman–Crippen MR) is 56.0 cm³/mol. The minimum absolute atomic E-state index is 0.521. The summed E-state index contributed by atoms with van der Waals surface area (Å²) in [6.45, 7) is 7.00. The lowest BCUT2D eigenvalue weighted by molar-refractivity contribution is 0.840. The molecule has 1 aromatic heterocycles. The molecule has 3 heteroatoms. The van der Waals surface area contributed by atoms with E-state index in [0.29, 0.717) is 12.5 Å². The predicted octanol–water partition coefficient (Wildman–Crippen LogP) is 3.29. The highest BCUT2D eigenvalue weighted by Gasteiger charge is 2.15. The molecule has 2 N–H and O–H groups in total. The lowest BCUT2D eigenvalue weighted by atomic mass is 10.00. The van der Waals surface area contributed by atoms with Crippen LogP contribution in [0.2, 0.25) is 4.34 Å². The van der Waals surface area contributed by atoms with E-state index in [1.54, 1.807) is 11.3 Å². The third kappa shape index (κ3) is 1.65. The summed E-state index contributed by atoms with van der Waals surface area (Å²) in [5, 5.41) is 0. The molecule has 0 amide bonds. The molecule has 0 aliphatic carbocycles. The second kappa shape index (κ2) is 3.77. The lowest BCUT2D eigenvalue weighted by Gasteiger charge is -2.07.